The summed E-state index contributed by atoms with van der Waals surface area (Å²) in [6.45, 7) is 2.25. The summed E-state index contributed by atoms with van der Waals surface area (Å²) in [6.07, 6.45) is 1.33. The Morgan fingerprint density at radius 2 is 2.15 bits per heavy atom. The molecule has 1 aliphatic rings. The van der Waals surface area contributed by atoms with E-state index in [2.05, 4.69) is 0 Å². The van der Waals surface area contributed by atoms with Crippen LogP contribution in [0.25, 0.3) is 0 Å². The molecule has 1 aromatic carbocycles. The highest BCUT2D eigenvalue weighted by molar-refractivity contribution is 5.84. The van der Waals surface area contributed by atoms with Gasteiger partial charge in [-0.3, -0.25) is 4.79 Å². The molecule has 0 radical (unpaired) electrons. The molecule has 5 heteroatoms. The smallest absolute Gasteiger partial charge is 0.326 e. The summed E-state index contributed by atoms with van der Waals surface area (Å²) in [5, 5.41) is 9.07. The normalized spacial score (nSPS) is 19.9. The van der Waals surface area contributed by atoms with E-state index < -0.39 is 12.0 Å². The minimum atomic E-state index is -0.964. The van der Waals surface area contributed by atoms with E-state index in [1.54, 1.807) is 25.1 Å². The van der Waals surface area contributed by atoms with Crippen LogP contribution in [0.1, 0.15) is 37.7 Å². The number of rotatable bonds is 4. The van der Waals surface area contributed by atoms with Gasteiger partial charge in [-0.15, -0.1) is 0 Å². The molecule has 2 rings (SSSR count). The molecule has 1 fully saturated rings. The zero-order valence-corrected chi connectivity index (χ0v) is 11.4. The minimum Gasteiger partial charge on any atom is -0.480 e. The van der Waals surface area contributed by atoms with Crippen LogP contribution in [0.2, 0.25) is 0 Å². The van der Waals surface area contributed by atoms with E-state index in [9.17, 15) is 14.0 Å². The Hall–Kier alpha value is -1.91. The number of carbonyl (C=O) groups is 2. The maximum atomic E-state index is 13.7. The van der Waals surface area contributed by atoms with Gasteiger partial charge in [0.25, 0.3) is 0 Å². The van der Waals surface area contributed by atoms with Crippen molar-refractivity contribution in [3.8, 4) is 0 Å². The van der Waals surface area contributed by atoms with Gasteiger partial charge < -0.3 is 10.0 Å². The molecule has 2 atom stereocenters. The zero-order valence-electron chi connectivity index (χ0n) is 11.4. The number of carboxylic acids is 1. The van der Waals surface area contributed by atoms with Gasteiger partial charge in [0, 0.05) is 13.0 Å². The van der Waals surface area contributed by atoms with E-state index in [0.29, 0.717) is 24.9 Å². The van der Waals surface area contributed by atoms with Crippen LogP contribution < -0.4 is 0 Å². The molecule has 4 nitrogen and oxygen atoms in total. The SMILES string of the molecule is CC(CC(=O)N1CCC[C@@H]1C(=O)O)c1ccccc1F. The van der Waals surface area contributed by atoms with Gasteiger partial charge in [-0.05, 0) is 30.4 Å². The predicted octanol–water partition coefficient (Wildman–Crippen LogP) is 2.39. The molecule has 1 aromatic rings. The fourth-order valence-electron chi connectivity index (χ4n) is 2.69. The van der Waals surface area contributed by atoms with E-state index >= 15 is 0 Å². The molecular weight excluding hydrogens is 261 g/mol. The van der Waals surface area contributed by atoms with Crippen LogP contribution >= 0.6 is 0 Å². The first-order chi connectivity index (χ1) is 9.50. The van der Waals surface area contributed by atoms with Gasteiger partial charge in [0.1, 0.15) is 11.9 Å². The lowest BCUT2D eigenvalue weighted by atomic mass is 9.96. The van der Waals surface area contributed by atoms with Crippen LogP contribution in [0.4, 0.5) is 4.39 Å². The molecule has 0 aliphatic carbocycles. The van der Waals surface area contributed by atoms with E-state index in [4.69, 9.17) is 5.11 Å². The lowest BCUT2D eigenvalue weighted by Crippen LogP contribution is -2.40. The summed E-state index contributed by atoms with van der Waals surface area (Å²) in [6, 6.07) is 5.64. The van der Waals surface area contributed by atoms with E-state index in [0.717, 1.165) is 0 Å². The second-order valence-electron chi connectivity index (χ2n) is 5.21. The van der Waals surface area contributed by atoms with Crippen molar-refractivity contribution in [2.75, 3.05) is 6.54 Å². The number of hydrogen-bond donors (Lipinski definition) is 1. The van der Waals surface area contributed by atoms with E-state index in [-0.39, 0.29) is 24.1 Å². The second-order valence-corrected chi connectivity index (χ2v) is 5.21. The van der Waals surface area contributed by atoms with Crippen molar-refractivity contribution < 1.29 is 19.1 Å². The molecule has 1 unspecified atom stereocenters. The first-order valence-electron chi connectivity index (χ1n) is 6.77. The fraction of sp³-hybridized carbons (Fsp3) is 0.467. The van der Waals surface area contributed by atoms with E-state index in [1.807, 2.05) is 0 Å². The van der Waals surface area contributed by atoms with Crippen LogP contribution in [0, 0.1) is 5.82 Å². The number of nitrogens with zero attached hydrogens (tertiary/aromatic N) is 1. The van der Waals surface area contributed by atoms with Crippen LogP contribution in [-0.2, 0) is 9.59 Å². The van der Waals surface area contributed by atoms with Crippen molar-refractivity contribution in [2.24, 2.45) is 0 Å². The van der Waals surface area contributed by atoms with Crippen molar-refractivity contribution in [1.82, 2.24) is 4.90 Å². The average Bonchev–Trinajstić information content (AvgIpc) is 2.88. The topological polar surface area (TPSA) is 57.6 Å². The highest BCUT2D eigenvalue weighted by Crippen LogP contribution is 2.25. The van der Waals surface area contributed by atoms with Crippen molar-refractivity contribution >= 4 is 11.9 Å². The quantitative estimate of drug-likeness (QED) is 0.920. The van der Waals surface area contributed by atoms with Gasteiger partial charge in [0.15, 0.2) is 0 Å². The number of halogens is 1. The summed E-state index contributed by atoms with van der Waals surface area (Å²) >= 11 is 0. The Bertz CT molecular complexity index is 518. The number of likely N-dealkylation sites (tertiary alicyclic amines) is 1. The average molecular weight is 279 g/mol. The first-order valence-corrected chi connectivity index (χ1v) is 6.77. The van der Waals surface area contributed by atoms with E-state index in [1.165, 1.54) is 11.0 Å². The van der Waals surface area contributed by atoms with Crippen LogP contribution in [-0.4, -0.2) is 34.5 Å². The molecule has 1 N–H and O–H groups in total. The zero-order chi connectivity index (χ0) is 14.7. The highest BCUT2D eigenvalue weighted by Gasteiger charge is 2.34. The number of carbonyl (C=O) groups excluding carboxylic acids is 1. The molecular formula is C15H18FNO3. The van der Waals surface area contributed by atoms with Crippen molar-refractivity contribution in [2.45, 2.75) is 38.1 Å². The van der Waals surface area contributed by atoms with Crippen LogP contribution in [0.15, 0.2) is 24.3 Å². The molecule has 20 heavy (non-hydrogen) atoms. The van der Waals surface area contributed by atoms with Gasteiger partial charge in [0.2, 0.25) is 5.91 Å². The Balaban J connectivity index is 2.04. The Morgan fingerprint density at radius 3 is 2.80 bits per heavy atom. The number of amides is 1. The van der Waals surface area contributed by atoms with Crippen LogP contribution in [0.5, 0.6) is 0 Å². The fourth-order valence-corrected chi connectivity index (χ4v) is 2.69. The molecule has 0 aromatic heterocycles. The van der Waals surface area contributed by atoms with Crippen LogP contribution in [0.3, 0.4) is 0 Å². The lowest BCUT2D eigenvalue weighted by molar-refractivity contribution is -0.148. The molecule has 1 amide bonds. The number of hydrogen-bond acceptors (Lipinski definition) is 2. The lowest BCUT2D eigenvalue weighted by Gasteiger charge is -2.23. The Labute approximate surface area is 117 Å². The molecule has 0 saturated carbocycles. The van der Waals surface area contributed by atoms with Gasteiger partial charge >= 0.3 is 5.97 Å². The number of benzene rings is 1. The summed E-state index contributed by atoms with van der Waals surface area (Å²) in [5.74, 6) is -1.78. The second kappa shape index (κ2) is 6.03. The standard InChI is InChI=1S/C15H18FNO3/c1-10(11-5-2-3-6-12(11)16)9-14(18)17-8-4-7-13(17)15(19)20/h2-3,5-6,10,13H,4,7-9H2,1H3,(H,19,20)/t10?,13-/m1/s1. The maximum Gasteiger partial charge on any atom is 0.326 e. The third-order valence-corrected chi connectivity index (χ3v) is 3.78. The van der Waals surface area contributed by atoms with Crippen molar-refractivity contribution in [1.29, 1.82) is 0 Å². The largest absolute Gasteiger partial charge is 0.480 e. The highest BCUT2D eigenvalue weighted by atomic mass is 19.1. The molecule has 1 heterocycles. The van der Waals surface area contributed by atoms with Crippen molar-refractivity contribution in [3.05, 3.63) is 35.6 Å². The summed E-state index contributed by atoms with van der Waals surface area (Å²) in [5.41, 5.74) is 0.493. The monoisotopic (exact) mass is 279 g/mol. The van der Waals surface area contributed by atoms with Gasteiger partial charge in [-0.1, -0.05) is 25.1 Å². The molecule has 108 valence electrons. The number of aliphatic carboxylic acids is 1. The number of carboxylic acid groups (broad SMARTS) is 1. The maximum absolute atomic E-state index is 13.7. The molecule has 0 bridgehead atoms. The Morgan fingerprint density at radius 1 is 1.45 bits per heavy atom. The van der Waals surface area contributed by atoms with Gasteiger partial charge in [-0.25, -0.2) is 9.18 Å². The predicted molar refractivity (Wildman–Crippen MR) is 71.8 cm³/mol. The summed E-state index contributed by atoms with van der Waals surface area (Å²) < 4.78 is 13.7. The molecule has 1 aliphatic heterocycles. The summed E-state index contributed by atoms with van der Waals surface area (Å²) in [4.78, 5) is 24.7. The van der Waals surface area contributed by atoms with Gasteiger partial charge in [-0.2, -0.15) is 0 Å². The minimum absolute atomic E-state index is 0.130. The van der Waals surface area contributed by atoms with Gasteiger partial charge in [0.05, 0.1) is 0 Å². The third kappa shape index (κ3) is 2.98. The first kappa shape index (κ1) is 14.5. The Kier molecular flexibility index (Phi) is 4.37. The summed E-state index contributed by atoms with van der Waals surface area (Å²) in [7, 11) is 0. The third-order valence-electron chi connectivity index (χ3n) is 3.78. The van der Waals surface area contributed by atoms with Crippen molar-refractivity contribution in [3.63, 3.8) is 0 Å². The molecule has 1 saturated heterocycles. The molecule has 0 spiro atoms.